The molecular formula is C12H12O4. The minimum Gasteiger partial charge on any atom is -0.481 e. The average Bonchev–Trinajstić information content (AvgIpc) is 2.57. The van der Waals surface area contributed by atoms with Crippen LogP contribution in [0.5, 0.6) is 0 Å². The molecule has 1 saturated heterocycles. The number of ether oxygens (including phenoxy) is 1. The van der Waals surface area contributed by atoms with Crippen LogP contribution in [0.25, 0.3) is 0 Å². The highest BCUT2D eigenvalue weighted by Gasteiger charge is 2.47. The number of cyclic esters (lactones) is 1. The Hall–Kier alpha value is -1.84. The molecule has 0 saturated carbocycles. The van der Waals surface area contributed by atoms with Crippen molar-refractivity contribution < 1.29 is 19.4 Å². The van der Waals surface area contributed by atoms with E-state index in [1.807, 2.05) is 6.07 Å². The van der Waals surface area contributed by atoms with Gasteiger partial charge in [0, 0.05) is 0 Å². The second kappa shape index (κ2) is 3.96. The molecule has 2 rings (SSSR count). The average molecular weight is 220 g/mol. The third-order valence-corrected chi connectivity index (χ3v) is 2.89. The maximum atomic E-state index is 11.4. The number of carbonyl (C=O) groups excluding carboxylic acids is 1. The van der Waals surface area contributed by atoms with E-state index in [4.69, 9.17) is 9.84 Å². The molecule has 3 unspecified atom stereocenters. The summed E-state index contributed by atoms with van der Waals surface area (Å²) in [6.45, 7) is 1.59. The van der Waals surface area contributed by atoms with Gasteiger partial charge < -0.3 is 9.84 Å². The first-order valence-electron chi connectivity index (χ1n) is 5.09. The zero-order valence-corrected chi connectivity index (χ0v) is 8.79. The zero-order valence-electron chi connectivity index (χ0n) is 8.79. The van der Waals surface area contributed by atoms with Crippen molar-refractivity contribution in [1.82, 2.24) is 0 Å². The van der Waals surface area contributed by atoms with Gasteiger partial charge in [-0.3, -0.25) is 9.59 Å². The number of carboxylic acid groups (broad SMARTS) is 1. The monoisotopic (exact) mass is 220 g/mol. The summed E-state index contributed by atoms with van der Waals surface area (Å²) in [5.41, 5.74) is 0.729. The maximum absolute atomic E-state index is 11.4. The van der Waals surface area contributed by atoms with Crippen LogP contribution in [-0.2, 0) is 14.3 Å². The Morgan fingerprint density at radius 3 is 2.50 bits per heavy atom. The standard InChI is InChI=1S/C12H12O4/c1-7-9(11(13)14)10(16-12(7)15)8-5-3-2-4-6-8/h2-7,9-10H,1H3,(H,13,14). The summed E-state index contributed by atoms with van der Waals surface area (Å²) in [6.07, 6.45) is -0.666. The number of benzene rings is 1. The fourth-order valence-corrected chi connectivity index (χ4v) is 1.98. The molecule has 0 amide bonds. The van der Waals surface area contributed by atoms with Crippen LogP contribution < -0.4 is 0 Å². The highest BCUT2D eigenvalue weighted by Crippen LogP contribution is 2.39. The first-order valence-corrected chi connectivity index (χ1v) is 5.09. The fourth-order valence-electron chi connectivity index (χ4n) is 1.98. The summed E-state index contributed by atoms with van der Waals surface area (Å²) < 4.78 is 5.11. The largest absolute Gasteiger partial charge is 0.481 e. The second-order valence-electron chi connectivity index (χ2n) is 3.92. The molecule has 1 aliphatic rings. The lowest BCUT2D eigenvalue weighted by molar-refractivity contribution is -0.144. The van der Waals surface area contributed by atoms with Crippen molar-refractivity contribution in [3.8, 4) is 0 Å². The molecule has 1 heterocycles. The Morgan fingerprint density at radius 1 is 1.31 bits per heavy atom. The molecule has 0 bridgehead atoms. The summed E-state index contributed by atoms with van der Waals surface area (Å²) in [4.78, 5) is 22.5. The lowest BCUT2D eigenvalue weighted by Crippen LogP contribution is -2.23. The molecule has 0 spiro atoms. The zero-order chi connectivity index (χ0) is 11.7. The normalized spacial score (nSPS) is 28.8. The van der Waals surface area contributed by atoms with Crippen LogP contribution in [0.3, 0.4) is 0 Å². The Labute approximate surface area is 92.8 Å². The molecule has 1 aromatic rings. The SMILES string of the molecule is CC1C(=O)OC(c2ccccc2)C1C(=O)O. The van der Waals surface area contributed by atoms with Crippen LogP contribution in [0.2, 0.25) is 0 Å². The number of esters is 1. The van der Waals surface area contributed by atoms with E-state index in [0.717, 1.165) is 5.56 Å². The van der Waals surface area contributed by atoms with Crippen molar-refractivity contribution in [2.24, 2.45) is 11.8 Å². The summed E-state index contributed by atoms with van der Waals surface area (Å²) in [5, 5.41) is 9.10. The molecule has 16 heavy (non-hydrogen) atoms. The van der Waals surface area contributed by atoms with Crippen molar-refractivity contribution in [3.05, 3.63) is 35.9 Å². The Bertz CT molecular complexity index is 412. The molecule has 0 aromatic heterocycles. The van der Waals surface area contributed by atoms with Gasteiger partial charge in [0.15, 0.2) is 0 Å². The van der Waals surface area contributed by atoms with Gasteiger partial charge in [-0.15, -0.1) is 0 Å². The predicted octanol–water partition coefficient (Wildman–Crippen LogP) is 1.62. The van der Waals surface area contributed by atoms with Crippen LogP contribution >= 0.6 is 0 Å². The number of aliphatic carboxylic acids is 1. The van der Waals surface area contributed by atoms with Crippen LogP contribution in [0.15, 0.2) is 30.3 Å². The van der Waals surface area contributed by atoms with Crippen molar-refractivity contribution in [3.63, 3.8) is 0 Å². The van der Waals surface area contributed by atoms with Crippen molar-refractivity contribution in [2.45, 2.75) is 13.0 Å². The smallest absolute Gasteiger partial charge is 0.311 e. The maximum Gasteiger partial charge on any atom is 0.311 e. The molecule has 1 aliphatic heterocycles. The van der Waals surface area contributed by atoms with Gasteiger partial charge in [-0.2, -0.15) is 0 Å². The van der Waals surface area contributed by atoms with E-state index in [1.165, 1.54) is 0 Å². The summed E-state index contributed by atoms with van der Waals surface area (Å²) in [5.74, 6) is -2.83. The second-order valence-corrected chi connectivity index (χ2v) is 3.92. The molecule has 4 nitrogen and oxygen atoms in total. The van der Waals surface area contributed by atoms with Crippen LogP contribution in [0, 0.1) is 11.8 Å². The summed E-state index contributed by atoms with van der Waals surface area (Å²) in [6, 6.07) is 8.97. The minimum absolute atomic E-state index is 0.443. The van der Waals surface area contributed by atoms with Gasteiger partial charge in [-0.1, -0.05) is 37.3 Å². The number of hydrogen-bond acceptors (Lipinski definition) is 3. The Kier molecular flexibility index (Phi) is 2.64. The van der Waals surface area contributed by atoms with E-state index in [2.05, 4.69) is 0 Å². The van der Waals surface area contributed by atoms with E-state index in [9.17, 15) is 9.59 Å². The first kappa shape index (κ1) is 10.7. The topological polar surface area (TPSA) is 63.6 Å². The molecular weight excluding hydrogens is 208 g/mol. The van der Waals surface area contributed by atoms with Gasteiger partial charge in [0.1, 0.15) is 12.0 Å². The molecule has 0 aliphatic carbocycles. The molecule has 1 fully saturated rings. The van der Waals surface area contributed by atoms with Gasteiger partial charge in [0.2, 0.25) is 0 Å². The molecule has 3 atom stereocenters. The predicted molar refractivity (Wildman–Crippen MR) is 55.6 cm³/mol. The van der Waals surface area contributed by atoms with E-state index in [0.29, 0.717) is 0 Å². The van der Waals surface area contributed by atoms with Gasteiger partial charge in [-0.05, 0) is 5.56 Å². The fraction of sp³-hybridized carbons (Fsp3) is 0.333. The summed E-state index contributed by atoms with van der Waals surface area (Å²) in [7, 11) is 0. The van der Waals surface area contributed by atoms with E-state index in [-0.39, 0.29) is 0 Å². The van der Waals surface area contributed by atoms with E-state index >= 15 is 0 Å². The highest BCUT2D eigenvalue weighted by molar-refractivity contribution is 5.84. The third kappa shape index (κ3) is 1.66. The van der Waals surface area contributed by atoms with Gasteiger partial charge in [0.05, 0.1) is 5.92 Å². The first-order chi connectivity index (χ1) is 7.61. The summed E-state index contributed by atoms with van der Waals surface area (Å²) >= 11 is 0. The molecule has 84 valence electrons. The quantitative estimate of drug-likeness (QED) is 0.769. The molecule has 1 aromatic carbocycles. The number of hydrogen-bond donors (Lipinski definition) is 1. The van der Waals surface area contributed by atoms with Crippen molar-refractivity contribution >= 4 is 11.9 Å². The lowest BCUT2D eigenvalue weighted by atomic mass is 9.88. The van der Waals surface area contributed by atoms with Crippen LogP contribution in [0.4, 0.5) is 0 Å². The number of carboxylic acids is 1. The van der Waals surface area contributed by atoms with Crippen LogP contribution in [-0.4, -0.2) is 17.0 Å². The number of carbonyl (C=O) groups is 2. The highest BCUT2D eigenvalue weighted by atomic mass is 16.6. The minimum atomic E-state index is -0.993. The molecule has 0 radical (unpaired) electrons. The number of rotatable bonds is 2. The Balaban J connectivity index is 2.34. The van der Waals surface area contributed by atoms with Gasteiger partial charge in [-0.25, -0.2) is 0 Å². The van der Waals surface area contributed by atoms with Crippen molar-refractivity contribution in [2.75, 3.05) is 0 Å². The van der Waals surface area contributed by atoms with E-state index < -0.39 is 29.9 Å². The molecule has 1 N–H and O–H groups in total. The van der Waals surface area contributed by atoms with Crippen molar-refractivity contribution in [1.29, 1.82) is 0 Å². The van der Waals surface area contributed by atoms with Crippen LogP contribution in [0.1, 0.15) is 18.6 Å². The van der Waals surface area contributed by atoms with E-state index in [1.54, 1.807) is 31.2 Å². The van der Waals surface area contributed by atoms with Gasteiger partial charge in [0.25, 0.3) is 0 Å². The lowest BCUT2D eigenvalue weighted by Gasteiger charge is -2.15. The Morgan fingerprint density at radius 2 is 1.94 bits per heavy atom. The third-order valence-electron chi connectivity index (χ3n) is 2.89. The van der Waals surface area contributed by atoms with Gasteiger partial charge >= 0.3 is 11.9 Å². The molecule has 4 heteroatoms.